The van der Waals surface area contributed by atoms with Crippen LogP contribution in [0.25, 0.3) is 21.8 Å². The topological polar surface area (TPSA) is 26.2 Å². The molecule has 0 aliphatic heterocycles. The molecule has 22 heavy (non-hydrogen) atoms. The molecule has 2 aromatic carbocycles. The van der Waals surface area contributed by atoms with Crippen LogP contribution in [0, 0.1) is 0 Å². The Morgan fingerprint density at radius 2 is 1.82 bits per heavy atom. The Morgan fingerprint density at radius 1 is 1.05 bits per heavy atom. The van der Waals surface area contributed by atoms with Crippen LogP contribution in [0.3, 0.4) is 0 Å². The molecule has 0 amide bonds. The van der Waals surface area contributed by atoms with Gasteiger partial charge in [-0.1, -0.05) is 24.3 Å². The number of nitrogens with zero attached hydrogens (tertiary/aromatic N) is 1. The van der Waals surface area contributed by atoms with E-state index in [2.05, 4.69) is 59.3 Å². The average molecular weight is 319 g/mol. The average Bonchev–Trinajstić information content (AvgIpc) is 2.85. The van der Waals surface area contributed by atoms with Gasteiger partial charge in [0.1, 0.15) is 0 Å². The number of hydrogen-bond donors (Lipinski definition) is 1. The van der Waals surface area contributed by atoms with Crippen molar-refractivity contribution in [2.24, 2.45) is 0 Å². The van der Waals surface area contributed by atoms with Crippen molar-refractivity contribution in [3.63, 3.8) is 0 Å². The standard InChI is InChI=1S/C18H22N2O.ClH/c1-3-20-17-7-5-4-6-15(17)16-12-14(8-9-18(16)20)13-19-10-11-21-2;/h4-9,12,19H,3,10-11,13H2,1-2H3;1H. The summed E-state index contributed by atoms with van der Waals surface area (Å²) in [6.07, 6.45) is 0. The molecule has 3 nitrogen and oxygen atoms in total. The second-order valence-corrected chi connectivity index (χ2v) is 5.28. The van der Waals surface area contributed by atoms with Gasteiger partial charge in [0.25, 0.3) is 0 Å². The van der Waals surface area contributed by atoms with Gasteiger partial charge in [0.2, 0.25) is 0 Å². The predicted molar refractivity (Wildman–Crippen MR) is 95.9 cm³/mol. The van der Waals surface area contributed by atoms with Crippen LogP contribution in [-0.4, -0.2) is 24.8 Å². The van der Waals surface area contributed by atoms with E-state index in [1.165, 1.54) is 27.4 Å². The fourth-order valence-corrected chi connectivity index (χ4v) is 2.96. The maximum atomic E-state index is 5.06. The Hall–Kier alpha value is -1.55. The van der Waals surface area contributed by atoms with Gasteiger partial charge in [-0.2, -0.15) is 0 Å². The van der Waals surface area contributed by atoms with Gasteiger partial charge in [0.15, 0.2) is 0 Å². The molecule has 0 aliphatic carbocycles. The van der Waals surface area contributed by atoms with E-state index in [1.54, 1.807) is 7.11 Å². The van der Waals surface area contributed by atoms with Crippen LogP contribution in [0.1, 0.15) is 12.5 Å². The molecule has 0 fully saturated rings. The fraction of sp³-hybridized carbons (Fsp3) is 0.333. The van der Waals surface area contributed by atoms with Gasteiger partial charge in [-0.15, -0.1) is 12.4 Å². The number of fused-ring (bicyclic) bond motifs is 3. The number of nitrogens with one attached hydrogen (secondary N) is 1. The Balaban J connectivity index is 0.00000176. The Bertz CT molecular complexity index is 751. The van der Waals surface area contributed by atoms with Gasteiger partial charge >= 0.3 is 0 Å². The summed E-state index contributed by atoms with van der Waals surface area (Å²) in [5, 5.41) is 6.09. The number of halogens is 1. The largest absolute Gasteiger partial charge is 0.383 e. The Morgan fingerprint density at radius 3 is 2.59 bits per heavy atom. The van der Waals surface area contributed by atoms with Gasteiger partial charge in [-0.3, -0.25) is 0 Å². The summed E-state index contributed by atoms with van der Waals surface area (Å²) >= 11 is 0. The zero-order valence-electron chi connectivity index (χ0n) is 13.1. The highest BCUT2D eigenvalue weighted by Gasteiger charge is 2.09. The molecule has 0 atom stereocenters. The van der Waals surface area contributed by atoms with E-state index in [0.29, 0.717) is 0 Å². The van der Waals surface area contributed by atoms with E-state index >= 15 is 0 Å². The van der Waals surface area contributed by atoms with Crippen molar-refractivity contribution in [3.05, 3.63) is 48.0 Å². The molecule has 1 aromatic heterocycles. The molecular weight excluding hydrogens is 296 g/mol. The molecule has 0 saturated carbocycles. The number of hydrogen-bond acceptors (Lipinski definition) is 2. The van der Waals surface area contributed by atoms with E-state index in [1.807, 2.05) is 0 Å². The van der Waals surface area contributed by atoms with Crippen molar-refractivity contribution in [1.29, 1.82) is 0 Å². The zero-order chi connectivity index (χ0) is 14.7. The van der Waals surface area contributed by atoms with Gasteiger partial charge in [-0.05, 0) is 30.7 Å². The summed E-state index contributed by atoms with van der Waals surface area (Å²) in [5.74, 6) is 0. The summed E-state index contributed by atoms with van der Waals surface area (Å²) in [6.45, 7) is 5.70. The number of ether oxygens (including phenoxy) is 1. The number of benzene rings is 2. The first-order valence-electron chi connectivity index (χ1n) is 7.54. The Labute approximate surface area is 137 Å². The molecule has 1 heterocycles. The number of aromatic nitrogens is 1. The van der Waals surface area contributed by atoms with Crippen molar-refractivity contribution in [2.45, 2.75) is 20.0 Å². The fourth-order valence-electron chi connectivity index (χ4n) is 2.96. The molecule has 3 rings (SSSR count). The summed E-state index contributed by atoms with van der Waals surface area (Å²) in [5.41, 5.74) is 3.96. The van der Waals surface area contributed by atoms with Crippen molar-refractivity contribution >= 4 is 34.2 Å². The maximum absolute atomic E-state index is 5.06. The maximum Gasteiger partial charge on any atom is 0.0587 e. The number of aryl methyl sites for hydroxylation is 1. The molecule has 4 heteroatoms. The van der Waals surface area contributed by atoms with E-state index < -0.39 is 0 Å². The highest BCUT2D eigenvalue weighted by atomic mass is 35.5. The van der Waals surface area contributed by atoms with Crippen LogP contribution < -0.4 is 5.32 Å². The van der Waals surface area contributed by atoms with Crippen LogP contribution in [0.5, 0.6) is 0 Å². The normalized spacial score (nSPS) is 11.0. The Kier molecular flexibility index (Phi) is 5.83. The molecule has 118 valence electrons. The molecule has 0 radical (unpaired) electrons. The summed E-state index contributed by atoms with van der Waals surface area (Å²) in [4.78, 5) is 0. The van der Waals surface area contributed by atoms with E-state index in [9.17, 15) is 0 Å². The second-order valence-electron chi connectivity index (χ2n) is 5.28. The molecule has 0 aliphatic rings. The first-order chi connectivity index (χ1) is 10.3. The SMILES string of the molecule is CCn1c2ccccc2c2cc(CNCCOC)ccc21.Cl. The monoisotopic (exact) mass is 318 g/mol. The smallest absolute Gasteiger partial charge is 0.0587 e. The molecule has 1 N–H and O–H groups in total. The first kappa shape index (κ1) is 16.8. The third-order valence-corrected chi connectivity index (χ3v) is 3.97. The van der Waals surface area contributed by atoms with Crippen molar-refractivity contribution in [2.75, 3.05) is 20.3 Å². The quantitative estimate of drug-likeness (QED) is 0.696. The van der Waals surface area contributed by atoms with Crippen LogP contribution >= 0.6 is 12.4 Å². The molecular formula is C18H23ClN2O. The van der Waals surface area contributed by atoms with Crippen molar-refractivity contribution in [3.8, 4) is 0 Å². The minimum absolute atomic E-state index is 0. The van der Waals surface area contributed by atoms with Crippen molar-refractivity contribution < 1.29 is 4.74 Å². The molecule has 0 spiro atoms. The van der Waals surface area contributed by atoms with Gasteiger partial charge < -0.3 is 14.6 Å². The highest BCUT2D eigenvalue weighted by Crippen LogP contribution is 2.29. The third-order valence-electron chi connectivity index (χ3n) is 3.97. The lowest BCUT2D eigenvalue weighted by molar-refractivity contribution is 0.199. The summed E-state index contributed by atoms with van der Waals surface area (Å²) < 4.78 is 7.44. The lowest BCUT2D eigenvalue weighted by Crippen LogP contribution is -2.18. The van der Waals surface area contributed by atoms with Crippen LogP contribution in [-0.2, 0) is 17.8 Å². The van der Waals surface area contributed by atoms with Gasteiger partial charge in [-0.25, -0.2) is 0 Å². The highest BCUT2D eigenvalue weighted by molar-refractivity contribution is 6.08. The third kappa shape index (κ3) is 3.12. The number of methoxy groups -OCH3 is 1. The summed E-state index contributed by atoms with van der Waals surface area (Å²) in [6, 6.07) is 15.4. The van der Waals surface area contributed by atoms with Gasteiger partial charge in [0.05, 0.1) is 6.61 Å². The van der Waals surface area contributed by atoms with Crippen LogP contribution in [0.4, 0.5) is 0 Å². The van der Waals surface area contributed by atoms with Gasteiger partial charge in [0, 0.05) is 48.5 Å². The minimum Gasteiger partial charge on any atom is -0.383 e. The minimum atomic E-state index is 0. The van der Waals surface area contributed by atoms with E-state index in [0.717, 1.165) is 26.2 Å². The lowest BCUT2D eigenvalue weighted by atomic mass is 10.1. The lowest BCUT2D eigenvalue weighted by Gasteiger charge is -2.06. The molecule has 0 bridgehead atoms. The number of rotatable bonds is 6. The predicted octanol–water partition coefficient (Wildman–Crippen LogP) is 3.97. The molecule has 3 aromatic rings. The zero-order valence-corrected chi connectivity index (χ0v) is 14.0. The van der Waals surface area contributed by atoms with E-state index in [4.69, 9.17) is 4.74 Å². The second kappa shape index (κ2) is 7.63. The first-order valence-corrected chi connectivity index (χ1v) is 7.54. The molecule has 0 saturated heterocycles. The van der Waals surface area contributed by atoms with Crippen LogP contribution in [0.15, 0.2) is 42.5 Å². The number of para-hydroxylation sites is 1. The molecule has 0 unspecified atom stereocenters. The van der Waals surface area contributed by atoms with Crippen molar-refractivity contribution in [1.82, 2.24) is 9.88 Å². The summed E-state index contributed by atoms with van der Waals surface area (Å²) in [7, 11) is 1.73. The van der Waals surface area contributed by atoms with E-state index in [-0.39, 0.29) is 12.4 Å². The van der Waals surface area contributed by atoms with Crippen LogP contribution in [0.2, 0.25) is 0 Å².